The van der Waals surface area contributed by atoms with E-state index in [0.29, 0.717) is 48.7 Å². The zero-order valence-electron chi connectivity index (χ0n) is 18.8. The van der Waals surface area contributed by atoms with Crippen molar-refractivity contribution in [1.29, 1.82) is 5.26 Å². The lowest BCUT2D eigenvalue weighted by molar-refractivity contribution is -0.137. The molecular weight excluding hydrogens is 410 g/mol. The van der Waals surface area contributed by atoms with Crippen molar-refractivity contribution in [1.82, 2.24) is 0 Å². The molecule has 0 saturated heterocycles. The lowest BCUT2D eigenvalue weighted by atomic mass is 10.00. The molecule has 0 saturated carbocycles. The minimum atomic E-state index is -0.750. The van der Waals surface area contributed by atoms with Crippen LogP contribution in [0.25, 0.3) is 0 Å². The van der Waals surface area contributed by atoms with Gasteiger partial charge in [-0.05, 0) is 44.1 Å². The van der Waals surface area contributed by atoms with Gasteiger partial charge in [-0.3, -0.25) is 0 Å². The predicted molar refractivity (Wildman–Crippen MR) is 119 cm³/mol. The van der Waals surface area contributed by atoms with E-state index >= 15 is 0 Å². The molecule has 1 heterocycles. The van der Waals surface area contributed by atoms with Gasteiger partial charge in [0, 0.05) is 45.2 Å². The first-order valence-electron chi connectivity index (χ1n) is 11.5. The molecule has 0 amide bonds. The molecule has 2 atom stereocenters. The Hall–Kier alpha value is -2.24. The molecule has 0 fully saturated rings. The van der Waals surface area contributed by atoms with Gasteiger partial charge in [0.05, 0.1) is 24.3 Å². The second kappa shape index (κ2) is 13.3. The molecule has 1 aliphatic heterocycles. The Labute approximate surface area is 190 Å². The number of ether oxygens (including phenoxy) is 5. The van der Waals surface area contributed by atoms with Gasteiger partial charge in [-0.15, -0.1) is 0 Å². The van der Waals surface area contributed by atoms with Gasteiger partial charge in [0.15, 0.2) is 0 Å². The molecule has 174 valence electrons. The summed E-state index contributed by atoms with van der Waals surface area (Å²) < 4.78 is 28.6. The number of fused-ring (bicyclic) bond motifs is 1. The average molecular weight is 444 g/mol. The highest BCUT2D eigenvalue weighted by Gasteiger charge is 2.41. The maximum atomic E-state index is 12.7. The predicted octanol–water partition coefficient (Wildman–Crippen LogP) is 3.57. The van der Waals surface area contributed by atoms with Gasteiger partial charge in [0.2, 0.25) is 0 Å². The van der Waals surface area contributed by atoms with Crippen LogP contribution in [0.15, 0.2) is 46.6 Å². The second-order valence-electron chi connectivity index (χ2n) is 7.89. The third-order valence-electron chi connectivity index (χ3n) is 5.64. The summed E-state index contributed by atoms with van der Waals surface area (Å²) in [5, 5.41) is 10.00. The van der Waals surface area contributed by atoms with Crippen LogP contribution in [0.5, 0.6) is 0 Å². The van der Waals surface area contributed by atoms with E-state index in [-0.39, 0.29) is 0 Å². The lowest BCUT2D eigenvalue weighted by Crippen LogP contribution is -2.23. The zero-order chi connectivity index (χ0) is 22.6. The third-order valence-corrected chi connectivity index (χ3v) is 5.64. The SMILES string of the molecule is COC(=O)C1=C2C=CC=CC3OCCCCOCCCCOCCCCOC1C(C#N)=C23. The minimum absolute atomic E-state index is 0.364. The Bertz CT molecular complexity index is 804. The number of methoxy groups -OCH3 is 1. The molecule has 2 unspecified atom stereocenters. The first-order chi connectivity index (χ1) is 15.8. The average Bonchev–Trinajstić information content (AvgIpc) is 2.97. The molecule has 3 rings (SSSR count). The van der Waals surface area contributed by atoms with Crippen LogP contribution in [0.3, 0.4) is 0 Å². The topological polar surface area (TPSA) is 87.0 Å². The summed E-state index contributed by atoms with van der Waals surface area (Å²) in [7, 11) is 1.34. The third kappa shape index (κ3) is 6.39. The van der Waals surface area contributed by atoms with Crippen LogP contribution in [0.1, 0.15) is 38.5 Å². The molecule has 0 aromatic heterocycles. The molecule has 2 aliphatic carbocycles. The standard InChI is InChI=1S/C25H33NO6/c1-28-25(27)23-19-10-2-3-11-21-22(19)20(18-26)24(23)32-17-9-7-15-30-13-5-4-12-29-14-6-8-16-31-21/h2-3,10-11,21,24H,4-9,12-17H2,1H3. The number of allylic oxidation sites excluding steroid dienone is 3. The first kappa shape index (κ1) is 24.4. The summed E-state index contributed by atoms with van der Waals surface area (Å²) >= 11 is 0. The van der Waals surface area contributed by atoms with E-state index in [2.05, 4.69) is 6.07 Å². The molecule has 0 spiro atoms. The summed E-state index contributed by atoms with van der Waals surface area (Å²) in [5.74, 6) is -0.489. The van der Waals surface area contributed by atoms with Crippen molar-refractivity contribution in [2.45, 2.75) is 50.7 Å². The minimum Gasteiger partial charge on any atom is -0.466 e. The van der Waals surface area contributed by atoms with Crippen LogP contribution in [0, 0.1) is 11.3 Å². The molecule has 0 N–H and O–H groups in total. The molecule has 32 heavy (non-hydrogen) atoms. The van der Waals surface area contributed by atoms with Crippen LogP contribution in [-0.4, -0.2) is 64.9 Å². The van der Waals surface area contributed by atoms with E-state index < -0.39 is 18.2 Å². The van der Waals surface area contributed by atoms with E-state index in [1.165, 1.54) is 7.11 Å². The Morgan fingerprint density at radius 3 is 2.12 bits per heavy atom. The monoisotopic (exact) mass is 443 g/mol. The first-order valence-corrected chi connectivity index (χ1v) is 11.5. The molecule has 7 heteroatoms. The summed E-state index contributed by atoms with van der Waals surface area (Å²) in [5.41, 5.74) is 2.13. The molecule has 7 nitrogen and oxygen atoms in total. The van der Waals surface area contributed by atoms with Gasteiger partial charge in [-0.2, -0.15) is 5.26 Å². The molecule has 3 aliphatic rings. The van der Waals surface area contributed by atoms with Crippen LogP contribution < -0.4 is 0 Å². The fraction of sp³-hybridized carbons (Fsp3) is 0.600. The van der Waals surface area contributed by atoms with Gasteiger partial charge in [0.1, 0.15) is 12.2 Å². The van der Waals surface area contributed by atoms with Gasteiger partial charge in [-0.25, -0.2) is 4.79 Å². The maximum Gasteiger partial charge on any atom is 0.337 e. The van der Waals surface area contributed by atoms with Gasteiger partial charge >= 0.3 is 5.97 Å². The number of nitrogens with zero attached hydrogens (tertiary/aromatic N) is 1. The van der Waals surface area contributed by atoms with Crippen molar-refractivity contribution in [2.75, 3.05) is 46.8 Å². The van der Waals surface area contributed by atoms with E-state index in [4.69, 9.17) is 23.7 Å². The van der Waals surface area contributed by atoms with Crippen LogP contribution >= 0.6 is 0 Å². The van der Waals surface area contributed by atoms with Crippen molar-refractivity contribution in [3.8, 4) is 6.07 Å². The molecule has 2 bridgehead atoms. The Kier molecular flexibility index (Phi) is 10.2. The van der Waals surface area contributed by atoms with Crippen molar-refractivity contribution in [2.24, 2.45) is 0 Å². The van der Waals surface area contributed by atoms with E-state index in [1.807, 2.05) is 24.3 Å². The summed E-state index contributed by atoms with van der Waals surface area (Å²) in [4.78, 5) is 12.7. The number of carbonyl (C=O) groups excluding carboxylic acids is 1. The van der Waals surface area contributed by atoms with E-state index in [9.17, 15) is 10.1 Å². The fourth-order valence-corrected chi connectivity index (χ4v) is 4.00. The number of esters is 1. The molecular formula is C25H33NO6. The van der Waals surface area contributed by atoms with Gasteiger partial charge in [0.25, 0.3) is 0 Å². The molecule has 0 aromatic carbocycles. The fourth-order valence-electron chi connectivity index (χ4n) is 4.00. The van der Waals surface area contributed by atoms with Crippen molar-refractivity contribution < 1.29 is 28.5 Å². The van der Waals surface area contributed by atoms with Crippen LogP contribution in [0.4, 0.5) is 0 Å². The van der Waals surface area contributed by atoms with Crippen LogP contribution in [0.2, 0.25) is 0 Å². The quantitative estimate of drug-likeness (QED) is 0.573. The van der Waals surface area contributed by atoms with Crippen molar-refractivity contribution in [3.05, 3.63) is 46.6 Å². The normalized spacial score (nSPS) is 26.4. The summed E-state index contributed by atoms with van der Waals surface area (Å²) in [6.45, 7) is 3.78. The summed E-state index contributed by atoms with van der Waals surface area (Å²) in [6.07, 6.45) is 11.6. The van der Waals surface area contributed by atoms with Crippen molar-refractivity contribution in [3.63, 3.8) is 0 Å². The number of hydrogen-bond acceptors (Lipinski definition) is 7. The number of rotatable bonds is 1. The summed E-state index contributed by atoms with van der Waals surface area (Å²) in [6, 6.07) is 2.28. The second-order valence-corrected chi connectivity index (χ2v) is 7.89. The number of nitriles is 1. The van der Waals surface area contributed by atoms with E-state index in [0.717, 1.165) is 51.7 Å². The molecule has 0 radical (unpaired) electrons. The Balaban J connectivity index is 1.82. The smallest absolute Gasteiger partial charge is 0.337 e. The zero-order valence-corrected chi connectivity index (χ0v) is 18.8. The van der Waals surface area contributed by atoms with Gasteiger partial charge in [-0.1, -0.05) is 24.3 Å². The largest absolute Gasteiger partial charge is 0.466 e. The van der Waals surface area contributed by atoms with Gasteiger partial charge < -0.3 is 23.7 Å². The Morgan fingerprint density at radius 2 is 1.53 bits per heavy atom. The highest BCUT2D eigenvalue weighted by atomic mass is 16.5. The Morgan fingerprint density at radius 1 is 0.938 bits per heavy atom. The molecule has 0 aromatic rings. The van der Waals surface area contributed by atoms with E-state index in [1.54, 1.807) is 0 Å². The van der Waals surface area contributed by atoms with Crippen molar-refractivity contribution >= 4 is 5.97 Å². The highest BCUT2D eigenvalue weighted by molar-refractivity contribution is 5.95. The maximum absolute atomic E-state index is 12.7. The number of hydrogen-bond donors (Lipinski definition) is 0. The highest BCUT2D eigenvalue weighted by Crippen LogP contribution is 2.40. The number of carbonyl (C=O) groups is 1. The van der Waals surface area contributed by atoms with Crippen LogP contribution in [-0.2, 0) is 28.5 Å². The lowest BCUT2D eigenvalue weighted by Gasteiger charge is -2.18.